The van der Waals surface area contributed by atoms with Crippen LogP contribution < -0.4 is 4.74 Å². The molecule has 0 aliphatic carbocycles. The van der Waals surface area contributed by atoms with Gasteiger partial charge in [0.2, 0.25) is 5.75 Å². The second-order valence-corrected chi connectivity index (χ2v) is 5.52. The molecular weight excluding hydrogens is 340 g/mol. The zero-order valence-corrected chi connectivity index (χ0v) is 13.1. The van der Waals surface area contributed by atoms with Crippen LogP contribution in [0.15, 0.2) is 65.1 Å². The van der Waals surface area contributed by atoms with Crippen molar-refractivity contribution in [1.29, 1.82) is 0 Å². The van der Waals surface area contributed by atoms with E-state index in [2.05, 4.69) is 0 Å². The van der Waals surface area contributed by atoms with Gasteiger partial charge in [0, 0.05) is 16.8 Å². The predicted molar refractivity (Wildman–Crippen MR) is 93.5 cm³/mol. The lowest BCUT2D eigenvalue weighted by Gasteiger charge is -2.06. The number of nitrogens with zero attached hydrogens (tertiary/aromatic N) is 2. The molecule has 0 N–H and O–H groups in total. The van der Waals surface area contributed by atoms with Crippen molar-refractivity contribution in [2.45, 2.75) is 0 Å². The van der Waals surface area contributed by atoms with Crippen molar-refractivity contribution in [2.24, 2.45) is 0 Å². The van der Waals surface area contributed by atoms with Gasteiger partial charge in [-0.05, 0) is 30.3 Å². The van der Waals surface area contributed by atoms with E-state index in [1.165, 1.54) is 6.07 Å². The summed E-state index contributed by atoms with van der Waals surface area (Å²) in [6.45, 7) is 0. The standard InChI is InChI=1S/C18H10N2O6/c21-19(22)11-5-7-18(15(9-11)20(23)24)25-12-6-8-17-14(10-12)13-3-1-2-4-16(13)26-17/h1-10H. The monoisotopic (exact) mass is 350 g/mol. The highest BCUT2D eigenvalue weighted by molar-refractivity contribution is 6.05. The topological polar surface area (TPSA) is 109 Å². The predicted octanol–water partition coefficient (Wildman–Crippen LogP) is 5.19. The highest BCUT2D eigenvalue weighted by atomic mass is 16.6. The molecule has 0 aliphatic heterocycles. The molecule has 8 heteroatoms. The van der Waals surface area contributed by atoms with Gasteiger partial charge in [0.1, 0.15) is 16.9 Å². The van der Waals surface area contributed by atoms with Crippen LogP contribution in [0.2, 0.25) is 0 Å². The molecule has 26 heavy (non-hydrogen) atoms. The molecule has 0 fully saturated rings. The molecule has 0 aliphatic rings. The van der Waals surface area contributed by atoms with Gasteiger partial charge in [0.25, 0.3) is 5.69 Å². The fourth-order valence-electron chi connectivity index (χ4n) is 2.74. The van der Waals surface area contributed by atoms with Crippen molar-refractivity contribution >= 4 is 33.3 Å². The van der Waals surface area contributed by atoms with Crippen molar-refractivity contribution in [1.82, 2.24) is 0 Å². The van der Waals surface area contributed by atoms with Crippen LogP contribution in [-0.2, 0) is 0 Å². The number of nitro groups is 2. The van der Waals surface area contributed by atoms with Gasteiger partial charge in [0.05, 0.1) is 15.9 Å². The van der Waals surface area contributed by atoms with E-state index in [1.807, 2.05) is 24.3 Å². The number of fused-ring (bicyclic) bond motifs is 3. The summed E-state index contributed by atoms with van der Waals surface area (Å²) in [5.74, 6) is 0.286. The first-order valence-electron chi connectivity index (χ1n) is 7.55. The third kappa shape index (κ3) is 2.59. The van der Waals surface area contributed by atoms with Crippen molar-refractivity contribution in [2.75, 3.05) is 0 Å². The van der Waals surface area contributed by atoms with Crippen LogP contribution in [0.5, 0.6) is 11.5 Å². The van der Waals surface area contributed by atoms with Crippen molar-refractivity contribution in [3.63, 3.8) is 0 Å². The molecule has 8 nitrogen and oxygen atoms in total. The van der Waals surface area contributed by atoms with E-state index >= 15 is 0 Å². The molecule has 0 unspecified atom stereocenters. The molecule has 1 aromatic heterocycles. The van der Waals surface area contributed by atoms with Crippen molar-refractivity contribution in [3.05, 3.63) is 80.9 Å². The average Bonchev–Trinajstić information content (AvgIpc) is 3.00. The van der Waals surface area contributed by atoms with Crippen LogP contribution in [-0.4, -0.2) is 9.85 Å². The number of hydrogen-bond donors (Lipinski definition) is 0. The molecule has 4 aromatic rings. The van der Waals surface area contributed by atoms with Gasteiger partial charge in [-0.2, -0.15) is 0 Å². The molecule has 128 valence electrons. The number of ether oxygens (including phenoxy) is 1. The van der Waals surface area contributed by atoms with E-state index in [1.54, 1.807) is 18.2 Å². The number of hydrogen-bond acceptors (Lipinski definition) is 6. The van der Waals surface area contributed by atoms with E-state index < -0.39 is 15.5 Å². The summed E-state index contributed by atoms with van der Waals surface area (Å²) in [7, 11) is 0. The van der Waals surface area contributed by atoms with Crippen LogP contribution in [0.4, 0.5) is 11.4 Å². The second kappa shape index (κ2) is 5.85. The molecular formula is C18H10N2O6. The summed E-state index contributed by atoms with van der Waals surface area (Å²) in [6.07, 6.45) is 0. The Morgan fingerprint density at radius 1 is 0.808 bits per heavy atom. The zero-order valence-electron chi connectivity index (χ0n) is 13.1. The lowest BCUT2D eigenvalue weighted by atomic mass is 10.1. The van der Waals surface area contributed by atoms with Gasteiger partial charge in [-0.3, -0.25) is 20.2 Å². The SMILES string of the molecule is O=[N+]([O-])c1ccc(Oc2ccc3oc4ccccc4c3c2)c([N+](=O)[O-])c1. The average molecular weight is 350 g/mol. The maximum Gasteiger partial charge on any atom is 0.318 e. The minimum atomic E-state index is -0.714. The number of nitro benzene ring substituents is 2. The van der Waals surface area contributed by atoms with E-state index in [-0.39, 0.29) is 11.4 Å². The Labute approximate surface area is 145 Å². The van der Waals surface area contributed by atoms with E-state index in [0.29, 0.717) is 11.3 Å². The molecule has 0 amide bonds. The van der Waals surface area contributed by atoms with E-state index in [4.69, 9.17) is 9.15 Å². The Kier molecular flexibility index (Phi) is 3.51. The summed E-state index contributed by atoms with van der Waals surface area (Å²) in [5.41, 5.74) is 0.536. The maximum atomic E-state index is 11.2. The van der Waals surface area contributed by atoms with Gasteiger partial charge in [0.15, 0.2) is 0 Å². The Bertz CT molecular complexity index is 1180. The Hall–Kier alpha value is -3.94. The molecule has 0 saturated carbocycles. The van der Waals surface area contributed by atoms with Crippen LogP contribution in [0.1, 0.15) is 0 Å². The summed E-state index contributed by atoms with van der Waals surface area (Å²) < 4.78 is 11.3. The first-order valence-corrected chi connectivity index (χ1v) is 7.55. The van der Waals surface area contributed by atoms with Crippen molar-refractivity contribution in [3.8, 4) is 11.5 Å². The zero-order chi connectivity index (χ0) is 18.3. The number of furan rings is 1. The highest BCUT2D eigenvalue weighted by Gasteiger charge is 2.21. The fourth-order valence-corrected chi connectivity index (χ4v) is 2.74. The number of para-hydroxylation sites is 1. The van der Waals surface area contributed by atoms with Crippen LogP contribution >= 0.6 is 0 Å². The third-order valence-electron chi connectivity index (χ3n) is 3.93. The maximum absolute atomic E-state index is 11.2. The van der Waals surface area contributed by atoms with Crippen LogP contribution in [0.3, 0.4) is 0 Å². The molecule has 0 spiro atoms. The summed E-state index contributed by atoms with van der Waals surface area (Å²) in [4.78, 5) is 20.6. The normalized spacial score (nSPS) is 10.9. The van der Waals surface area contributed by atoms with Gasteiger partial charge < -0.3 is 9.15 Å². The quantitative estimate of drug-likeness (QED) is 0.370. The molecule has 3 aromatic carbocycles. The second-order valence-electron chi connectivity index (χ2n) is 5.52. The summed E-state index contributed by atoms with van der Waals surface area (Å²) in [6, 6.07) is 15.8. The minimum Gasteiger partial charge on any atom is -0.456 e. The fraction of sp³-hybridized carbons (Fsp3) is 0. The molecule has 1 heterocycles. The van der Waals surface area contributed by atoms with Gasteiger partial charge in [-0.1, -0.05) is 18.2 Å². The molecule has 0 atom stereocenters. The lowest BCUT2D eigenvalue weighted by Crippen LogP contribution is -1.96. The van der Waals surface area contributed by atoms with E-state index in [0.717, 1.165) is 28.5 Å². The van der Waals surface area contributed by atoms with Crippen LogP contribution in [0.25, 0.3) is 21.9 Å². The Morgan fingerprint density at radius 2 is 1.58 bits per heavy atom. The first-order chi connectivity index (χ1) is 12.5. The summed E-state index contributed by atoms with van der Waals surface area (Å²) in [5, 5.41) is 23.7. The lowest BCUT2D eigenvalue weighted by molar-refractivity contribution is -0.394. The molecule has 4 rings (SSSR count). The highest BCUT2D eigenvalue weighted by Crippen LogP contribution is 2.37. The van der Waals surface area contributed by atoms with Gasteiger partial charge in [-0.25, -0.2) is 0 Å². The molecule has 0 bridgehead atoms. The van der Waals surface area contributed by atoms with Gasteiger partial charge in [-0.15, -0.1) is 0 Å². The largest absolute Gasteiger partial charge is 0.456 e. The van der Waals surface area contributed by atoms with E-state index in [9.17, 15) is 20.2 Å². The Morgan fingerprint density at radius 3 is 2.35 bits per heavy atom. The molecule has 0 saturated heterocycles. The summed E-state index contributed by atoms with van der Waals surface area (Å²) >= 11 is 0. The van der Waals surface area contributed by atoms with Crippen LogP contribution in [0, 0.1) is 20.2 Å². The molecule has 0 radical (unpaired) electrons. The van der Waals surface area contributed by atoms with Gasteiger partial charge >= 0.3 is 5.69 Å². The third-order valence-corrected chi connectivity index (χ3v) is 3.93. The van der Waals surface area contributed by atoms with Crippen molar-refractivity contribution < 1.29 is 19.0 Å². The minimum absolute atomic E-state index is 0.0762. The number of non-ortho nitro benzene ring substituents is 1. The number of benzene rings is 3. The Balaban J connectivity index is 1.78. The number of rotatable bonds is 4. The first kappa shape index (κ1) is 15.6. The smallest absolute Gasteiger partial charge is 0.318 e.